The van der Waals surface area contributed by atoms with Crippen molar-refractivity contribution in [3.8, 4) is 0 Å². The Morgan fingerprint density at radius 1 is 1.44 bits per heavy atom. The van der Waals surface area contributed by atoms with Gasteiger partial charge in [0.1, 0.15) is 5.56 Å². The summed E-state index contributed by atoms with van der Waals surface area (Å²) >= 11 is 0. The van der Waals surface area contributed by atoms with E-state index < -0.39 is 0 Å². The molecule has 1 saturated carbocycles. The van der Waals surface area contributed by atoms with Gasteiger partial charge in [0.2, 0.25) is 0 Å². The molecule has 5 nitrogen and oxygen atoms in total. The molecular formula is C13H22N4O. The number of nitrogens with zero attached hydrogens (tertiary/aromatic N) is 1. The van der Waals surface area contributed by atoms with Gasteiger partial charge in [-0.3, -0.25) is 9.89 Å². The van der Waals surface area contributed by atoms with Crippen LogP contribution in [0.4, 0.5) is 5.82 Å². The minimum atomic E-state index is -0.0984. The molecule has 0 unspecified atom stereocenters. The summed E-state index contributed by atoms with van der Waals surface area (Å²) in [5.41, 5.74) is 6.91. The highest BCUT2D eigenvalue weighted by Crippen LogP contribution is 2.26. The SMILES string of the molecule is CCC1CCC(NC(=O)c2c(N)n[nH]c2C)CC1. The van der Waals surface area contributed by atoms with Crippen molar-refractivity contribution in [2.45, 2.75) is 52.0 Å². The lowest BCUT2D eigenvalue weighted by Gasteiger charge is -2.28. The Bertz CT molecular complexity index is 399. The first-order chi connectivity index (χ1) is 8.61. The number of hydrogen-bond acceptors (Lipinski definition) is 3. The number of H-pyrrole nitrogens is 1. The van der Waals surface area contributed by atoms with Crippen LogP contribution >= 0.6 is 0 Å². The lowest BCUT2D eigenvalue weighted by molar-refractivity contribution is 0.0922. The zero-order chi connectivity index (χ0) is 13.1. The number of carbonyl (C=O) groups excluding carboxylic acids is 1. The first-order valence-electron chi connectivity index (χ1n) is 6.73. The number of aromatic nitrogens is 2. The summed E-state index contributed by atoms with van der Waals surface area (Å²) in [6.07, 6.45) is 5.80. The average molecular weight is 250 g/mol. The van der Waals surface area contributed by atoms with Gasteiger partial charge in [0.05, 0.1) is 0 Å². The molecule has 1 aromatic rings. The van der Waals surface area contributed by atoms with Crippen molar-refractivity contribution in [1.29, 1.82) is 0 Å². The van der Waals surface area contributed by atoms with Crippen molar-refractivity contribution >= 4 is 11.7 Å². The van der Waals surface area contributed by atoms with E-state index >= 15 is 0 Å². The maximum Gasteiger partial charge on any atom is 0.257 e. The van der Waals surface area contributed by atoms with Crippen LogP contribution in [0.2, 0.25) is 0 Å². The number of carbonyl (C=O) groups is 1. The molecule has 100 valence electrons. The largest absolute Gasteiger partial charge is 0.382 e. The molecular weight excluding hydrogens is 228 g/mol. The topological polar surface area (TPSA) is 83.8 Å². The summed E-state index contributed by atoms with van der Waals surface area (Å²) < 4.78 is 0. The summed E-state index contributed by atoms with van der Waals surface area (Å²) in [5, 5.41) is 9.65. The minimum absolute atomic E-state index is 0.0984. The summed E-state index contributed by atoms with van der Waals surface area (Å²) in [6, 6.07) is 0.286. The van der Waals surface area contributed by atoms with Gasteiger partial charge in [-0.2, -0.15) is 5.10 Å². The van der Waals surface area contributed by atoms with E-state index in [1.165, 1.54) is 19.3 Å². The summed E-state index contributed by atoms with van der Waals surface area (Å²) in [6.45, 7) is 4.05. The van der Waals surface area contributed by atoms with Gasteiger partial charge in [-0.25, -0.2) is 0 Å². The number of aromatic amines is 1. The van der Waals surface area contributed by atoms with Gasteiger partial charge in [-0.1, -0.05) is 13.3 Å². The van der Waals surface area contributed by atoms with Crippen LogP contribution in [-0.4, -0.2) is 22.1 Å². The number of rotatable bonds is 3. The highest BCUT2D eigenvalue weighted by atomic mass is 16.1. The van der Waals surface area contributed by atoms with E-state index in [1.807, 2.05) is 6.92 Å². The lowest BCUT2D eigenvalue weighted by atomic mass is 9.84. The Hall–Kier alpha value is -1.52. The van der Waals surface area contributed by atoms with Gasteiger partial charge in [0, 0.05) is 11.7 Å². The second-order valence-electron chi connectivity index (χ2n) is 5.21. The molecule has 0 saturated heterocycles. The first-order valence-corrected chi connectivity index (χ1v) is 6.73. The minimum Gasteiger partial charge on any atom is -0.382 e. The van der Waals surface area contributed by atoms with Crippen LogP contribution in [0.15, 0.2) is 0 Å². The average Bonchev–Trinajstić information content (AvgIpc) is 2.70. The molecule has 0 atom stereocenters. The van der Waals surface area contributed by atoms with E-state index in [2.05, 4.69) is 22.4 Å². The summed E-state index contributed by atoms with van der Waals surface area (Å²) in [4.78, 5) is 12.1. The summed E-state index contributed by atoms with van der Waals surface area (Å²) in [7, 11) is 0. The van der Waals surface area contributed by atoms with Crippen LogP contribution in [0, 0.1) is 12.8 Å². The molecule has 1 amide bonds. The van der Waals surface area contributed by atoms with Crippen LogP contribution in [0.25, 0.3) is 0 Å². The van der Waals surface area contributed by atoms with Crippen molar-refractivity contribution in [3.63, 3.8) is 0 Å². The van der Waals surface area contributed by atoms with E-state index in [1.54, 1.807) is 0 Å². The molecule has 0 aromatic carbocycles. The Labute approximate surface area is 108 Å². The van der Waals surface area contributed by atoms with E-state index in [0.29, 0.717) is 5.56 Å². The van der Waals surface area contributed by atoms with Crippen LogP contribution in [0.3, 0.4) is 0 Å². The maximum absolute atomic E-state index is 12.1. The summed E-state index contributed by atoms with van der Waals surface area (Å²) in [5.74, 6) is 1.02. The van der Waals surface area contributed by atoms with Crippen molar-refractivity contribution < 1.29 is 4.79 Å². The van der Waals surface area contributed by atoms with Gasteiger partial charge in [-0.15, -0.1) is 0 Å². The van der Waals surface area contributed by atoms with Crippen LogP contribution in [0.5, 0.6) is 0 Å². The third-order valence-corrected chi connectivity index (χ3v) is 3.96. The molecule has 1 heterocycles. The Balaban J connectivity index is 1.93. The Morgan fingerprint density at radius 2 is 2.11 bits per heavy atom. The molecule has 1 fully saturated rings. The van der Waals surface area contributed by atoms with Gasteiger partial charge in [0.15, 0.2) is 5.82 Å². The third-order valence-electron chi connectivity index (χ3n) is 3.96. The van der Waals surface area contributed by atoms with Crippen LogP contribution in [-0.2, 0) is 0 Å². The zero-order valence-electron chi connectivity index (χ0n) is 11.1. The fourth-order valence-electron chi connectivity index (χ4n) is 2.71. The molecule has 18 heavy (non-hydrogen) atoms. The molecule has 0 radical (unpaired) electrons. The molecule has 1 aliphatic carbocycles. The van der Waals surface area contributed by atoms with E-state index in [-0.39, 0.29) is 17.8 Å². The highest BCUT2D eigenvalue weighted by molar-refractivity contribution is 5.99. The highest BCUT2D eigenvalue weighted by Gasteiger charge is 2.23. The fourth-order valence-corrected chi connectivity index (χ4v) is 2.71. The quantitative estimate of drug-likeness (QED) is 0.767. The van der Waals surface area contributed by atoms with E-state index in [0.717, 1.165) is 24.5 Å². The molecule has 0 bridgehead atoms. The normalized spacial score (nSPS) is 23.9. The third kappa shape index (κ3) is 2.66. The van der Waals surface area contributed by atoms with Crippen LogP contribution < -0.4 is 11.1 Å². The monoisotopic (exact) mass is 250 g/mol. The van der Waals surface area contributed by atoms with Gasteiger partial charge in [0.25, 0.3) is 5.91 Å². The van der Waals surface area contributed by atoms with Crippen LogP contribution in [0.1, 0.15) is 55.1 Å². The predicted octanol–water partition coefficient (Wildman–Crippen LogP) is 2.00. The number of anilines is 1. The number of nitrogens with one attached hydrogen (secondary N) is 2. The molecule has 4 N–H and O–H groups in total. The van der Waals surface area contributed by atoms with Gasteiger partial charge in [-0.05, 0) is 38.5 Å². The van der Waals surface area contributed by atoms with E-state index in [4.69, 9.17) is 5.73 Å². The lowest BCUT2D eigenvalue weighted by Crippen LogP contribution is -2.38. The second kappa shape index (κ2) is 5.42. The zero-order valence-corrected chi connectivity index (χ0v) is 11.1. The van der Waals surface area contributed by atoms with E-state index in [9.17, 15) is 4.79 Å². The Morgan fingerprint density at radius 3 is 2.61 bits per heavy atom. The number of aryl methyl sites for hydroxylation is 1. The smallest absolute Gasteiger partial charge is 0.257 e. The van der Waals surface area contributed by atoms with Crippen molar-refractivity contribution in [3.05, 3.63) is 11.3 Å². The first kappa shape index (κ1) is 12.9. The molecule has 1 aromatic heterocycles. The molecule has 0 aliphatic heterocycles. The molecule has 0 spiro atoms. The second-order valence-corrected chi connectivity index (χ2v) is 5.21. The molecule has 5 heteroatoms. The number of nitrogen functional groups attached to an aromatic ring is 1. The van der Waals surface area contributed by atoms with Crippen molar-refractivity contribution in [1.82, 2.24) is 15.5 Å². The van der Waals surface area contributed by atoms with Crippen molar-refractivity contribution in [2.75, 3.05) is 5.73 Å². The standard InChI is InChI=1S/C13H22N4O/c1-3-9-4-6-10(7-5-9)15-13(18)11-8(2)16-17-12(11)14/h9-10H,3-7H2,1-2H3,(H,15,18)(H3,14,16,17). The van der Waals surface area contributed by atoms with Gasteiger partial charge < -0.3 is 11.1 Å². The number of hydrogen-bond donors (Lipinski definition) is 3. The van der Waals surface area contributed by atoms with Crippen molar-refractivity contribution in [2.24, 2.45) is 5.92 Å². The number of amides is 1. The Kier molecular flexibility index (Phi) is 3.89. The maximum atomic E-state index is 12.1. The predicted molar refractivity (Wildman–Crippen MR) is 71.2 cm³/mol. The fraction of sp³-hybridized carbons (Fsp3) is 0.692. The van der Waals surface area contributed by atoms with Gasteiger partial charge >= 0.3 is 0 Å². The molecule has 2 rings (SSSR count). The molecule has 1 aliphatic rings. The number of nitrogens with two attached hydrogens (primary N) is 1.